The summed E-state index contributed by atoms with van der Waals surface area (Å²) in [5, 5.41) is 1.66. The van der Waals surface area contributed by atoms with E-state index in [1.807, 2.05) is 0 Å². The van der Waals surface area contributed by atoms with Gasteiger partial charge in [-0.15, -0.1) is 0 Å². The summed E-state index contributed by atoms with van der Waals surface area (Å²) in [6.45, 7) is 11.4. The number of carbonyl (C=O) groups is 2. The van der Waals surface area contributed by atoms with Crippen LogP contribution in [-0.4, -0.2) is 60.7 Å². The Morgan fingerprint density at radius 1 is 0.491 bits per heavy atom. The Hall–Kier alpha value is -1.80. The second-order valence-electron chi connectivity index (χ2n) is 16.4. The van der Waals surface area contributed by atoms with E-state index in [0.29, 0.717) is 19.4 Å². The Labute approximate surface area is 342 Å². The Kier molecular flexibility index (Phi) is 41.9. The summed E-state index contributed by atoms with van der Waals surface area (Å²) in [5.74, 6) is 5.99. The van der Waals surface area contributed by atoms with E-state index < -0.39 is 0 Å². The van der Waals surface area contributed by atoms with Gasteiger partial charge in [0.25, 0.3) is 0 Å². The molecule has 0 aromatic rings. The Balaban J connectivity index is 4.30. The number of hydrogen-bond donors (Lipinski definition) is 2. The van der Waals surface area contributed by atoms with Gasteiger partial charge < -0.3 is 25.1 Å². The summed E-state index contributed by atoms with van der Waals surface area (Å²) in [4.78, 5) is 27.5. The van der Waals surface area contributed by atoms with E-state index >= 15 is 0 Å². The number of hydrazine groups is 1. The lowest BCUT2D eigenvalue weighted by atomic mass is 10.0. The van der Waals surface area contributed by atoms with Gasteiger partial charge in [-0.1, -0.05) is 162 Å². The molecule has 0 saturated heterocycles. The fraction of sp³-hybridized carbons (Fsp3) is 0.915. The number of hydrogen-bond acceptors (Lipinski definition) is 8. The fourth-order valence-electron chi connectivity index (χ4n) is 7.40. The summed E-state index contributed by atoms with van der Waals surface area (Å²) < 4.78 is 11.5. The number of carbonyl (C=O) groups excluding carboxylic acids is 2. The van der Waals surface area contributed by atoms with E-state index in [1.54, 1.807) is 11.2 Å². The minimum atomic E-state index is -0.0261. The molecule has 4 N–H and O–H groups in total. The second-order valence-corrected chi connectivity index (χ2v) is 16.4. The molecular weight excluding hydrogens is 685 g/mol. The van der Waals surface area contributed by atoms with Crippen LogP contribution in [-0.2, 0) is 19.1 Å². The molecule has 0 aliphatic rings. The molecule has 0 rings (SSSR count). The van der Waals surface area contributed by atoms with Gasteiger partial charge in [-0.3, -0.25) is 9.59 Å². The number of ether oxygens (including phenoxy) is 2. The smallest absolute Gasteiger partial charge is 0.306 e. The molecule has 0 heterocycles. The molecule has 8 nitrogen and oxygen atoms in total. The maximum absolute atomic E-state index is 12.8. The first kappa shape index (κ1) is 53.2. The molecule has 0 bridgehead atoms. The van der Waals surface area contributed by atoms with Crippen LogP contribution in [0.4, 0.5) is 0 Å². The van der Waals surface area contributed by atoms with Crippen LogP contribution in [0.5, 0.6) is 0 Å². The molecule has 0 spiro atoms. The number of nitrogens with two attached hydrogens (primary N) is 2. The van der Waals surface area contributed by atoms with E-state index in [2.05, 4.69) is 25.7 Å². The van der Waals surface area contributed by atoms with Gasteiger partial charge in [0.1, 0.15) is 6.10 Å². The highest BCUT2D eigenvalue weighted by Gasteiger charge is 2.14. The van der Waals surface area contributed by atoms with Gasteiger partial charge in [0.05, 0.1) is 6.61 Å². The quantitative estimate of drug-likeness (QED) is 0.0272. The fourth-order valence-corrected chi connectivity index (χ4v) is 7.40. The van der Waals surface area contributed by atoms with E-state index in [9.17, 15) is 9.59 Å². The number of esters is 2. The number of rotatable bonds is 44. The Morgan fingerprint density at radius 3 is 1.38 bits per heavy atom. The predicted octanol–water partition coefficient (Wildman–Crippen LogP) is 12.7. The van der Waals surface area contributed by atoms with Crippen molar-refractivity contribution in [2.75, 3.05) is 32.8 Å². The largest absolute Gasteiger partial charge is 0.466 e. The van der Waals surface area contributed by atoms with Crippen molar-refractivity contribution in [1.29, 1.82) is 0 Å². The van der Waals surface area contributed by atoms with Crippen LogP contribution in [0, 0.1) is 0 Å². The first-order valence-corrected chi connectivity index (χ1v) is 23.9. The minimum Gasteiger partial charge on any atom is -0.466 e. The summed E-state index contributed by atoms with van der Waals surface area (Å²) in [7, 11) is 0. The van der Waals surface area contributed by atoms with Crippen LogP contribution in [0.2, 0.25) is 0 Å². The first-order chi connectivity index (χ1) is 27.0. The van der Waals surface area contributed by atoms with E-state index in [1.165, 1.54) is 154 Å². The highest BCUT2D eigenvalue weighted by atomic mass is 16.5. The lowest BCUT2D eigenvalue weighted by Gasteiger charge is -2.23. The zero-order chi connectivity index (χ0) is 40.3. The molecule has 55 heavy (non-hydrogen) atoms. The summed E-state index contributed by atoms with van der Waals surface area (Å²) in [6, 6.07) is 0. The van der Waals surface area contributed by atoms with Crippen LogP contribution in [0.1, 0.15) is 239 Å². The molecule has 0 aliphatic carbocycles. The maximum Gasteiger partial charge on any atom is 0.306 e. The van der Waals surface area contributed by atoms with Gasteiger partial charge in [-0.25, -0.2) is 5.84 Å². The number of nitrogens with zero attached hydrogens (tertiary/aromatic N) is 2. The van der Waals surface area contributed by atoms with Crippen molar-refractivity contribution >= 4 is 11.9 Å². The Morgan fingerprint density at radius 2 is 0.891 bits per heavy atom. The lowest BCUT2D eigenvalue weighted by molar-refractivity contribution is -0.150. The van der Waals surface area contributed by atoms with Crippen molar-refractivity contribution < 1.29 is 19.1 Å². The molecule has 326 valence electrons. The highest BCUT2D eigenvalue weighted by Crippen LogP contribution is 2.19. The van der Waals surface area contributed by atoms with Gasteiger partial charge >= 0.3 is 11.9 Å². The predicted molar refractivity (Wildman–Crippen MR) is 235 cm³/mol. The van der Waals surface area contributed by atoms with Gasteiger partial charge in [0.15, 0.2) is 0 Å². The number of unbranched alkanes of at least 4 members (excludes halogenated alkanes) is 24. The molecule has 0 aliphatic heterocycles. The van der Waals surface area contributed by atoms with Crippen LogP contribution < -0.4 is 11.6 Å². The SMILES string of the molecule is CCCCCCCCCOC(=O)CCCCCCCN(CCCCCCCC(=O)OC(CCCCCCCC)CCCCCCCC)CCCN(N)/C=C\N. The summed E-state index contributed by atoms with van der Waals surface area (Å²) >= 11 is 0. The Bertz CT molecular complexity index is 826. The molecule has 0 aromatic carbocycles. The molecule has 0 amide bonds. The van der Waals surface area contributed by atoms with E-state index in [4.69, 9.17) is 21.1 Å². The average molecular weight is 779 g/mol. The van der Waals surface area contributed by atoms with Crippen LogP contribution >= 0.6 is 0 Å². The zero-order valence-corrected chi connectivity index (χ0v) is 37.0. The molecule has 0 unspecified atom stereocenters. The minimum absolute atomic E-state index is 0.0188. The van der Waals surface area contributed by atoms with Crippen molar-refractivity contribution in [3.05, 3.63) is 12.4 Å². The van der Waals surface area contributed by atoms with Crippen molar-refractivity contribution in [3.8, 4) is 0 Å². The van der Waals surface area contributed by atoms with Crippen LogP contribution in [0.15, 0.2) is 12.4 Å². The summed E-state index contributed by atoms with van der Waals surface area (Å²) in [5.41, 5.74) is 5.50. The normalized spacial score (nSPS) is 11.7. The molecular formula is C47H94N4O4. The zero-order valence-electron chi connectivity index (χ0n) is 37.0. The molecule has 0 radical (unpaired) electrons. The van der Waals surface area contributed by atoms with E-state index in [0.717, 1.165) is 84.0 Å². The third-order valence-electron chi connectivity index (χ3n) is 10.9. The van der Waals surface area contributed by atoms with E-state index in [-0.39, 0.29) is 18.0 Å². The van der Waals surface area contributed by atoms with Crippen molar-refractivity contribution in [2.45, 2.75) is 245 Å². The standard InChI is InChI=1S/C47H94N4O4/c1-4-7-10-13-16-25-32-44-54-46(52)36-28-21-17-23-30-39-50(41-33-42-51(49)43-38-48)40-31-24-18-22-29-37-47(53)55-45(34-26-19-14-11-8-5-2)35-27-20-15-12-9-6-3/h38,43,45H,4-37,39-42,44,48-49H2,1-3H3/b43-38-. The van der Waals surface area contributed by atoms with Gasteiger partial charge in [-0.2, -0.15) is 0 Å². The van der Waals surface area contributed by atoms with Gasteiger partial charge in [0, 0.05) is 31.8 Å². The molecule has 8 heteroatoms. The molecule has 0 fully saturated rings. The van der Waals surface area contributed by atoms with Crippen LogP contribution in [0.3, 0.4) is 0 Å². The maximum atomic E-state index is 12.8. The molecule has 0 aromatic heterocycles. The van der Waals surface area contributed by atoms with Gasteiger partial charge in [-0.05, 0) is 83.8 Å². The highest BCUT2D eigenvalue weighted by molar-refractivity contribution is 5.69. The topological polar surface area (TPSA) is 111 Å². The average Bonchev–Trinajstić information content (AvgIpc) is 3.17. The first-order valence-electron chi connectivity index (χ1n) is 23.9. The second kappa shape index (κ2) is 43.3. The monoisotopic (exact) mass is 779 g/mol. The van der Waals surface area contributed by atoms with Crippen molar-refractivity contribution in [2.24, 2.45) is 11.6 Å². The van der Waals surface area contributed by atoms with Crippen LogP contribution in [0.25, 0.3) is 0 Å². The third kappa shape index (κ3) is 40.2. The summed E-state index contributed by atoms with van der Waals surface area (Å²) in [6.07, 6.45) is 42.7. The molecule has 0 atom stereocenters. The van der Waals surface area contributed by atoms with Crippen molar-refractivity contribution in [1.82, 2.24) is 9.91 Å². The lowest BCUT2D eigenvalue weighted by Crippen LogP contribution is -2.32. The van der Waals surface area contributed by atoms with Crippen molar-refractivity contribution in [3.63, 3.8) is 0 Å². The van der Waals surface area contributed by atoms with Gasteiger partial charge in [0.2, 0.25) is 0 Å². The molecule has 0 saturated carbocycles. The third-order valence-corrected chi connectivity index (χ3v) is 10.9.